The number of hydrogen-bond acceptors (Lipinski definition) is 5. The van der Waals surface area contributed by atoms with Gasteiger partial charge in [-0.15, -0.1) is 6.42 Å². The van der Waals surface area contributed by atoms with Crippen molar-refractivity contribution < 1.29 is 35.6 Å². The van der Waals surface area contributed by atoms with Crippen LogP contribution >= 0.6 is 0 Å². The molecule has 6 heteroatoms. The molecule has 1 aliphatic heterocycles. The quantitative estimate of drug-likeness (QED) is 0.334. The summed E-state index contributed by atoms with van der Waals surface area (Å²) in [6, 6.07) is 21.0. The van der Waals surface area contributed by atoms with Gasteiger partial charge in [-0.2, -0.15) is 5.26 Å². The monoisotopic (exact) mass is 645 g/mol. The summed E-state index contributed by atoms with van der Waals surface area (Å²) >= 11 is 0. The first-order chi connectivity index (χ1) is 16.5. The van der Waals surface area contributed by atoms with Gasteiger partial charge in [0.05, 0.1) is 18.8 Å². The molecule has 0 amide bonds. The number of benzene rings is 3. The predicted molar refractivity (Wildman–Crippen MR) is 141 cm³/mol. The molecule has 4 rings (SSSR count). The van der Waals surface area contributed by atoms with Gasteiger partial charge in [0.25, 0.3) is 0 Å². The van der Waals surface area contributed by atoms with Gasteiger partial charge in [-0.3, -0.25) is 0 Å². The van der Waals surface area contributed by atoms with Gasteiger partial charge < -0.3 is 26.4 Å². The van der Waals surface area contributed by atoms with E-state index < -0.39 is 5.60 Å². The third-order valence-electron chi connectivity index (χ3n) is 5.64. The first-order valence-corrected chi connectivity index (χ1v) is 11.8. The van der Waals surface area contributed by atoms with Gasteiger partial charge in [-0.1, -0.05) is 44.2 Å². The van der Waals surface area contributed by atoms with Crippen molar-refractivity contribution in [3.63, 3.8) is 0 Å². The maximum Gasteiger partial charge on any atom is 0.138 e. The van der Waals surface area contributed by atoms with Crippen LogP contribution in [-0.4, -0.2) is 44.1 Å². The van der Waals surface area contributed by atoms with Crippen molar-refractivity contribution in [1.82, 2.24) is 0 Å². The van der Waals surface area contributed by atoms with Gasteiger partial charge in [-0.25, -0.2) is 0 Å². The van der Waals surface area contributed by atoms with E-state index in [1.807, 2.05) is 45.9 Å². The maximum atomic E-state index is 9.86. The Morgan fingerprint density at radius 1 is 1.03 bits per heavy atom. The first kappa shape index (κ1) is 30.6. The van der Waals surface area contributed by atoms with E-state index in [4.69, 9.17) is 14.6 Å². The second kappa shape index (κ2) is 14.9. The van der Waals surface area contributed by atoms with E-state index in [1.54, 1.807) is 0 Å². The van der Waals surface area contributed by atoms with Crippen molar-refractivity contribution in [3.05, 3.63) is 67.1 Å². The van der Waals surface area contributed by atoms with Crippen molar-refractivity contribution in [1.29, 1.82) is 5.26 Å². The van der Waals surface area contributed by atoms with Crippen LogP contribution in [0.2, 0.25) is 0 Å². The van der Waals surface area contributed by atoms with Gasteiger partial charge >= 0.3 is 0 Å². The molecule has 188 valence electrons. The Morgan fingerprint density at radius 3 is 2.29 bits per heavy atom. The van der Waals surface area contributed by atoms with E-state index >= 15 is 0 Å². The SMILES string of the molecule is CC.CO.[CH2-]CC(C)(C)Oc1cccc(-c2ccc3cc(N4CCOCC4)ccc3c2)c1C#N.[W]. The predicted octanol–water partition coefficient (Wildman–Crippen LogP) is 6.23. The van der Waals surface area contributed by atoms with E-state index in [1.165, 1.54) is 11.1 Å². The minimum absolute atomic E-state index is 0. The summed E-state index contributed by atoms with van der Waals surface area (Å²) in [4.78, 5) is 2.36. The Morgan fingerprint density at radius 2 is 1.66 bits per heavy atom. The zero-order valence-corrected chi connectivity index (χ0v) is 24.4. The van der Waals surface area contributed by atoms with Crippen LogP contribution in [0.15, 0.2) is 54.6 Å². The van der Waals surface area contributed by atoms with Crippen LogP contribution in [0, 0.1) is 18.3 Å². The van der Waals surface area contributed by atoms with Crippen LogP contribution in [-0.2, 0) is 25.8 Å². The maximum absolute atomic E-state index is 9.86. The van der Waals surface area contributed by atoms with Crippen molar-refractivity contribution in [2.75, 3.05) is 38.3 Å². The van der Waals surface area contributed by atoms with Crippen molar-refractivity contribution >= 4 is 16.5 Å². The van der Waals surface area contributed by atoms with Crippen LogP contribution in [0.3, 0.4) is 0 Å². The molecule has 0 aromatic heterocycles. The third kappa shape index (κ3) is 7.80. The summed E-state index contributed by atoms with van der Waals surface area (Å²) < 4.78 is 11.6. The number of nitriles is 1. The number of hydrogen-bond donors (Lipinski definition) is 1. The summed E-state index contributed by atoms with van der Waals surface area (Å²) in [7, 11) is 1.00. The molecule has 0 spiro atoms. The first-order valence-electron chi connectivity index (χ1n) is 11.8. The molecule has 1 saturated heterocycles. The number of aliphatic hydroxyl groups is 1. The molecule has 1 heterocycles. The zero-order chi connectivity index (χ0) is 25.1. The molecule has 0 bridgehead atoms. The topological polar surface area (TPSA) is 65.7 Å². The fraction of sp³-hybridized carbons (Fsp3) is 0.379. The zero-order valence-electron chi connectivity index (χ0n) is 21.5. The Hall–Kier alpha value is -2.38. The van der Waals surface area contributed by atoms with Crippen molar-refractivity contribution in [2.45, 2.75) is 39.7 Å². The Labute approximate surface area is 224 Å². The summed E-state index contributed by atoms with van der Waals surface area (Å²) in [6.07, 6.45) is 0.615. The van der Waals surface area contributed by atoms with Crippen molar-refractivity contribution in [2.24, 2.45) is 0 Å². The van der Waals surface area contributed by atoms with E-state index in [0.29, 0.717) is 17.7 Å². The minimum Gasteiger partial charge on any atom is -0.489 e. The summed E-state index contributed by atoms with van der Waals surface area (Å²) in [6.45, 7) is 15.3. The smallest absolute Gasteiger partial charge is 0.138 e. The molecule has 1 fully saturated rings. The minimum atomic E-state index is -0.427. The van der Waals surface area contributed by atoms with Crippen molar-refractivity contribution in [3.8, 4) is 22.9 Å². The molecule has 0 aliphatic carbocycles. The van der Waals surface area contributed by atoms with E-state index in [0.717, 1.165) is 49.9 Å². The molecular formula is C29H37N2O3W-. The second-order valence-corrected chi connectivity index (χ2v) is 8.25. The summed E-state index contributed by atoms with van der Waals surface area (Å²) in [5.74, 6) is 0.603. The molecular weight excluding hydrogens is 608 g/mol. The van der Waals surface area contributed by atoms with E-state index in [9.17, 15) is 5.26 Å². The number of aliphatic hydroxyl groups excluding tert-OH is 1. The molecule has 5 nitrogen and oxygen atoms in total. The number of morpholine rings is 1. The number of rotatable bonds is 5. The second-order valence-electron chi connectivity index (χ2n) is 8.25. The van der Waals surface area contributed by atoms with Crippen LogP contribution in [0.4, 0.5) is 5.69 Å². The standard InChI is InChI=1S/C26H27N2O2.C2H6.CH4O.W/c1-4-26(2,3)30-25-7-5-6-23(24(25)18-27)21-9-8-20-17-22(11-10-19(20)16-21)28-12-14-29-15-13-28;2*1-2;/h5-11,16-17H,1,4,12-15H2,2-3H3;1-2H3;2H,1H3;/q-1;;;. The van der Waals surface area contributed by atoms with Gasteiger partial charge in [0.1, 0.15) is 17.4 Å². The molecule has 35 heavy (non-hydrogen) atoms. The van der Waals surface area contributed by atoms with Crippen LogP contribution in [0.25, 0.3) is 21.9 Å². The Kier molecular flexibility index (Phi) is 13.0. The van der Waals surface area contributed by atoms with Crippen LogP contribution in [0.1, 0.15) is 39.7 Å². The fourth-order valence-corrected chi connectivity index (χ4v) is 3.74. The average molecular weight is 645 g/mol. The molecule has 0 saturated carbocycles. The summed E-state index contributed by atoms with van der Waals surface area (Å²) in [5, 5.41) is 19.2. The molecule has 1 N–H and O–H groups in total. The molecule has 1 aliphatic rings. The van der Waals surface area contributed by atoms with Gasteiger partial charge in [-0.05, 0) is 54.4 Å². The molecule has 0 radical (unpaired) electrons. The molecule has 0 unspecified atom stereocenters. The number of nitrogens with zero attached hydrogens (tertiary/aromatic N) is 2. The van der Waals surface area contributed by atoms with E-state index in [-0.39, 0.29) is 21.1 Å². The Balaban J connectivity index is 0.00000117. The van der Waals surface area contributed by atoms with Crippen LogP contribution < -0.4 is 9.64 Å². The average Bonchev–Trinajstić information content (AvgIpc) is 2.90. The summed E-state index contributed by atoms with van der Waals surface area (Å²) in [5.41, 5.74) is 3.25. The number of anilines is 1. The van der Waals surface area contributed by atoms with Gasteiger partial charge in [0.2, 0.25) is 0 Å². The Bertz CT molecular complexity index is 1100. The fourth-order valence-electron chi connectivity index (χ4n) is 3.74. The van der Waals surface area contributed by atoms with Gasteiger partial charge in [0.15, 0.2) is 0 Å². The third-order valence-corrected chi connectivity index (χ3v) is 5.64. The van der Waals surface area contributed by atoms with Crippen LogP contribution in [0.5, 0.6) is 5.75 Å². The molecule has 3 aromatic carbocycles. The normalized spacial score (nSPS) is 12.8. The number of ether oxygens (including phenoxy) is 2. The molecule has 0 atom stereocenters. The molecule has 3 aromatic rings. The number of fused-ring (bicyclic) bond motifs is 1. The van der Waals surface area contributed by atoms with Gasteiger partial charge in [0, 0.05) is 52.5 Å². The van der Waals surface area contributed by atoms with E-state index in [2.05, 4.69) is 54.3 Å². The largest absolute Gasteiger partial charge is 0.489 e.